The lowest BCUT2D eigenvalue weighted by Gasteiger charge is -2.03. The van der Waals surface area contributed by atoms with E-state index in [0.29, 0.717) is 18.9 Å². The predicted molar refractivity (Wildman–Crippen MR) is 48.4 cm³/mol. The lowest BCUT2D eigenvalue weighted by Crippen LogP contribution is -2.09. The molecule has 0 amide bonds. The molecule has 2 heterocycles. The number of rotatable bonds is 4. The molecule has 14 heavy (non-hydrogen) atoms. The van der Waals surface area contributed by atoms with Crippen LogP contribution < -0.4 is 5.73 Å². The first kappa shape index (κ1) is 8.89. The zero-order valence-electron chi connectivity index (χ0n) is 7.63. The summed E-state index contributed by atoms with van der Waals surface area (Å²) in [6.07, 6.45) is 5.65. The van der Waals surface area contributed by atoms with Crippen LogP contribution in [0.2, 0.25) is 0 Å². The van der Waals surface area contributed by atoms with Crippen LogP contribution in [0.5, 0.6) is 0 Å². The van der Waals surface area contributed by atoms with Gasteiger partial charge in [-0.3, -0.25) is 0 Å². The van der Waals surface area contributed by atoms with E-state index >= 15 is 0 Å². The number of hydrogen-bond donors (Lipinski definition) is 1. The van der Waals surface area contributed by atoms with Gasteiger partial charge in [0.2, 0.25) is 6.39 Å². The van der Waals surface area contributed by atoms with Crippen LogP contribution in [0.25, 0.3) is 0 Å². The van der Waals surface area contributed by atoms with Gasteiger partial charge in [-0.05, 0) is 6.54 Å². The third kappa shape index (κ3) is 1.80. The maximum Gasteiger partial charge on any atom is 0.213 e. The molecule has 0 bridgehead atoms. The van der Waals surface area contributed by atoms with E-state index in [1.165, 1.54) is 6.39 Å². The van der Waals surface area contributed by atoms with Crippen LogP contribution in [0.15, 0.2) is 23.4 Å². The van der Waals surface area contributed by atoms with Crippen molar-refractivity contribution in [2.45, 2.75) is 13.0 Å². The number of hydrogen-bond acceptors (Lipinski definition) is 5. The van der Waals surface area contributed by atoms with Gasteiger partial charge in [-0.15, -0.1) is 0 Å². The van der Waals surface area contributed by atoms with Crippen LogP contribution in [0.4, 0.5) is 0 Å². The van der Waals surface area contributed by atoms with Crippen LogP contribution in [-0.4, -0.2) is 26.2 Å². The number of imidazole rings is 1. The van der Waals surface area contributed by atoms with Gasteiger partial charge in [-0.2, -0.15) is 4.98 Å². The van der Waals surface area contributed by atoms with Gasteiger partial charge in [-0.25, -0.2) is 4.98 Å². The zero-order chi connectivity index (χ0) is 9.80. The molecule has 2 N–H and O–H groups in total. The highest BCUT2D eigenvalue weighted by Crippen LogP contribution is 2.02. The van der Waals surface area contributed by atoms with Crippen molar-refractivity contribution in [1.82, 2.24) is 19.7 Å². The SMILES string of the molecule is NCCc1cncn1Cc1ncon1. The second-order valence-electron chi connectivity index (χ2n) is 2.90. The van der Waals surface area contributed by atoms with E-state index < -0.39 is 0 Å². The minimum absolute atomic E-state index is 0.575. The molecular weight excluding hydrogens is 182 g/mol. The lowest BCUT2D eigenvalue weighted by molar-refractivity contribution is 0.408. The van der Waals surface area contributed by atoms with E-state index in [1.54, 1.807) is 12.5 Å². The van der Waals surface area contributed by atoms with Crippen molar-refractivity contribution in [2.24, 2.45) is 5.73 Å². The van der Waals surface area contributed by atoms with Crippen LogP contribution in [0, 0.1) is 0 Å². The highest BCUT2D eigenvalue weighted by molar-refractivity contribution is 5.01. The van der Waals surface area contributed by atoms with Gasteiger partial charge >= 0.3 is 0 Å². The molecule has 0 fully saturated rings. The van der Waals surface area contributed by atoms with Crippen molar-refractivity contribution in [3.8, 4) is 0 Å². The van der Waals surface area contributed by atoms with Crippen molar-refractivity contribution >= 4 is 0 Å². The third-order valence-electron chi connectivity index (χ3n) is 1.92. The number of aromatic nitrogens is 4. The second kappa shape index (κ2) is 4.01. The minimum atomic E-state index is 0.575. The summed E-state index contributed by atoms with van der Waals surface area (Å²) >= 11 is 0. The highest BCUT2D eigenvalue weighted by Gasteiger charge is 2.04. The molecule has 0 atom stereocenters. The standard InChI is InChI=1S/C8H11N5O/c9-2-1-7-3-10-5-13(7)4-8-11-6-14-12-8/h3,5-6H,1-2,4,9H2. The molecular formula is C8H11N5O. The molecule has 6 nitrogen and oxygen atoms in total. The molecule has 0 saturated heterocycles. The van der Waals surface area contributed by atoms with Crippen molar-refractivity contribution < 1.29 is 4.52 Å². The summed E-state index contributed by atoms with van der Waals surface area (Å²) in [6.45, 7) is 1.18. The van der Waals surface area contributed by atoms with Gasteiger partial charge < -0.3 is 14.8 Å². The van der Waals surface area contributed by atoms with E-state index in [9.17, 15) is 0 Å². The Kier molecular flexibility index (Phi) is 2.55. The van der Waals surface area contributed by atoms with Crippen LogP contribution in [0.1, 0.15) is 11.5 Å². The van der Waals surface area contributed by atoms with Crippen LogP contribution >= 0.6 is 0 Å². The molecule has 2 rings (SSSR count). The monoisotopic (exact) mass is 193 g/mol. The normalized spacial score (nSPS) is 10.6. The van der Waals surface area contributed by atoms with Gasteiger partial charge in [0.05, 0.1) is 12.9 Å². The molecule has 0 aliphatic rings. The Balaban J connectivity index is 2.12. The summed E-state index contributed by atoms with van der Waals surface area (Å²) in [4.78, 5) is 7.98. The fourth-order valence-electron chi connectivity index (χ4n) is 1.26. The molecule has 0 unspecified atom stereocenters. The molecule has 6 heteroatoms. The molecule has 0 spiro atoms. The smallest absolute Gasteiger partial charge is 0.213 e. The zero-order valence-corrected chi connectivity index (χ0v) is 7.63. The van der Waals surface area contributed by atoms with E-state index in [4.69, 9.17) is 5.73 Å². The van der Waals surface area contributed by atoms with E-state index in [2.05, 4.69) is 19.6 Å². The largest absolute Gasteiger partial charge is 0.343 e. The Labute approximate surface area is 80.7 Å². The molecule has 2 aromatic rings. The molecule has 0 radical (unpaired) electrons. The van der Waals surface area contributed by atoms with Gasteiger partial charge in [0.25, 0.3) is 0 Å². The molecule has 0 aromatic carbocycles. The predicted octanol–water partition coefficient (Wildman–Crippen LogP) is -0.184. The van der Waals surface area contributed by atoms with Crippen molar-refractivity contribution in [3.05, 3.63) is 30.4 Å². The summed E-state index contributed by atoms with van der Waals surface area (Å²) in [6, 6.07) is 0. The Bertz CT molecular complexity index is 380. The summed E-state index contributed by atoms with van der Waals surface area (Å²) < 4.78 is 6.60. The van der Waals surface area contributed by atoms with Crippen molar-refractivity contribution in [2.75, 3.05) is 6.54 Å². The summed E-state index contributed by atoms with van der Waals surface area (Å²) in [7, 11) is 0. The average molecular weight is 193 g/mol. The molecule has 0 saturated carbocycles. The van der Waals surface area contributed by atoms with Crippen LogP contribution in [-0.2, 0) is 13.0 Å². The first-order valence-electron chi connectivity index (χ1n) is 4.34. The number of nitrogens with zero attached hydrogens (tertiary/aromatic N) is 4. The minimum Gasteiger partial charge on any atom is -0.343 e. The summed E-state index contributed by atoms with van der Waals surface area (Å²) in [5.41, 5.74) is 6.55. The molecule has 0 aliphatic heterocycles. The first-order valence-corrected chi connectivity index (χ1v) is 4.34. The fourth-order valence-corrected chi connectivity index (χ4v) is 1.26. The van der Waals surface area contributed by atoms with E-state index in [-0.39, 0.29) is 0 Å². The van der Waals surface area contributed by atoms with E-state index in [0.717, 1.165) is 12.1 Å². The quantitative estimate of drug-likeness (QED) is 0.728. The van der Waals surface area contributed by atoms with Gasteiger partial charge in [-0.1, -0.05) is 5.16 Å². The Morgan fingerprint density at radius 1 is 1.50 bits per heavy atom. The molecule has 0 aliphatic carbocycles. The Morgan fingerprint density at radius 2 is 2.43 bits per heavy atom. The maximum absolute atomic E-state index is 5.47. The number of nitrogens with two attached hydrogens (primary N) is 1. The van der Waals surface area contributed by atoms with Crippen molar-refractivity contribution in [3.63, 3.8) is 0 Å². The van der Waals surface area contributed by atoms with Crippen molar-refractivity contribution in [1.29, 1.82) is 0 Å². The Hall–Kier alpha value is -1.69. The average Bonchev–Trinajstić information content (AvgIpc) is 2.80. The highest BCUT2D eigenvalue weighted by atomic mass is 16.5. The molecule has 2 aromatic heterocycles. The second-order valence-corrected chi connectivity index (χ2v) is 2.90. The van der Waals surface area contributed by atoms with Gasteiger partial charge in [0, 0.05) is 18.3 Å². The lowest BCUT2D eigenvalue weighted by atomic mass is 10.3. The fraction of sp³-hybridized carbons (Fsp3) is 0.375. The topological polar surface area (TPSA) is 82.8 Å². The van der Waals surface area contributed by atoms with Crippen LogP contribution in [0.3, 0.4) is 0 Å². The summed E-state index contributed by atoms with van der Waals surface area (Å²) in [5.74, 6) is 0.640. The molecule has 74 valence electrons. The maximum atomic E-state index is 5.47. The summed E-state index contributed by atoms with van der Waals surface area (Å²) in [5, 5.41) is 3.73. The first-order chi connectivity index (χ1) is 6.90. The Morgan fingerprint density at radius 3 is 3.14 bits per heavy atom. The van der Waals surface area contributed by atoms with E-state index in [1.807, 2.05) is 4.57 Å². The van der Waals surface area contributed by atoms with Gasteiger partial charge in [0.15, 0.2) is 5.82 Å². The van der Waals surface area contributed by atoms with Gasteiger partial charge in [0.1, 0.15) is 0 Å². The third-order valence-corrected chi connectivity index (χ3v) is 1.92.